The Balaban J connectivity index is 1.83. The van der Waals surface area contributed by atoms with Crippen LogP contribution in [0.3, 0.4) is 0 Å². The van der Waals surface area contributed by atoms with Crippen molar-refractivity contribution in [2.24, 2.45) is 0 Å². The fourth-order valence-electron chi connectivity index (χ4n) is 2.81. The molecule has 2 heterocycles. The van der Waals surface area contributed by atoms with Crippen molar-refractivity contribution in [2.45, 2.75) is 70.0 Å². The molecule has 0 saturated carbocycles. The van der Waals surface area contributed by atoms with Crippen LogP contribution in [0.25, 0.3) is 0 Å². The summed E-state index contributed by atoms with van der Waals surface area (Å²) in [6, 6.07) is 0. The van der Waals surface area contributed by atoms with E-state index < -0.39 is 0 Å². The highest BCUT2D eigenvalue weighted by molar-refractivity contribution is 4.73. The van der Waals surface area contributed by atoms with Crippen molar-refractivity contribution in [3.63, 3.8) is 0 Å². The lowest BCUT2D eigenvalue weighted by Crippen LogP contribution is -2.33. The van der Waals surface area contributed by atoms with E-state index in [9.17, 15) is 0 Å². The number of ether oxygens (including phenoxy) is 3. The van der Waals surface area contributed by atoms with Crippen molar-refractivity contribution in [3.8, 4) is 0 Å². The molecule has 2 fully saturated rings. The van der Waals surface area contributed by atoms with E-state index in [-0.39, 0.29) is 6.10 Å². The molecule has 106 valence electrons. The second kappa shape index (κ2) is 8.89. The average molecular weight is 256 g/mol. The Morgan fingerprint density at radius 1 is 0.500 bits per heavy atom. The van der Waals surface area contributed by atoms with E-state index >= 15 is 0 Å². The molecule has 0 spiro atoms. The number of rotatable bonds is 1. The van der Waals surface area contributed by atoms with Gasteiger partial charge < -0.3 is 14.2 Å². The molecule has 0 aliphatic carbocycles. The van der Waals surface area contributed by atoms with Gasteiger partial charge in [0.15, 0.2) is 0 Å². The van der Waals surface area contributed by atoms with Crippen molar-refractivity contribution in [3.05, 3.63) is 0 Å². The first-order chi connectivity index (χ1) is 8.97. The molecule has 0 aromatic rings. The lowest BCUT2D eigenvalue weighted by molar-refractivity contribution is -0.0831. The van der Waals surface area contributed by atoms with Crippen LogP contribution in [0.4, 0.5) is 0 Å². The van der Waals surface area contributed by atoms with Gasteiger partial charge in [-0.05, 0) is 32.1 Å². The summed E-state index contributed by atoms with van der Waals surface area (Å²) in [7, 11) is 0. The molecule has 2 atom stereocenters. The third-order valence-corrected chi connectivity index (χ3v) is 3.94. The van der Waals surface area contributed by atoms with Crippen molar-refractivity contribution in [1.29, 1.82) is 0 Å². The second-order valence-electron chi connectivity index (χ2n) is 5.48. The van der Waals surface area contributed by atoms with Gasteiger partial charge in [0.2, 0.25) is 0 Å². The Hall–Kier alpha value is -0.120. The normalized spacial score (nSPS) is 33.3. The van der Waals surface area contributed by atoms with Crippen LogP contribution in [0.1, 0.15) is 57.8 Å². The maximum absolute atomic E-state index is 6.06. The van der Waals surface area contributed by atoms with E-state index in [2.05, 4.69) is 0 Å². The monoisotopic (exact) mass is 256 g/mol. The summed E-state index contributed by atoms with van der Waals surface area (Å²) in [5.41, 5.74) is 0. The van der Waals surface area contributed by atoms with E-state index in [0.29, 0.717) is 6.10 Å². The molecule has 3 nitrogen and oxygen atoms in total. The topological polar surface area (TPSA) is 27.7 Å². The number of hydrogen-bond donors (Lipinski definition) is 0. The van der Waals surface area contributed by atoms with Crippen molar-refractivity contribution >= 4 is 0 Å². The molecule has 2 aliphatic heterocycles. The molecule has 0 aromatic heterocycles. The molecular formula is C15H28O3. The van der Waals surface area contributed by atoms with Crippen molar-refractivity contribution < 1.29 is 14.2 Å². The Bertz CT molecular complexity index is 166. The van der Waals surface area contributed by atoms with Gasteiger partial charge in [0.1, 0.15) is 0 Å². The van der Waals surface area contributed by atoms with Crippen molar-refractivity contribution in [2.75, 3.05) is 26.4 Å². The minimum absolute atomic E-state index is 0.251. The van der Waals surface area contributed by atoms with Gasteiger partial charge in [0.05, 0.1) is 12.2 Å². The van der Waals surface area contributed by atoms with Crippen LogP contribution in [0.2, 0.25) is 0 Å². The molecule has 0 aromatic carbocycles. The summed E-state index contributed by atoms with van der Waals surface area (Å²) in [6.07, 6.45) is 11.5. The fraction of sp³-hybridized carbons (Fsp3) is 1.00. The SMILES string of the molecule is C1CCCOC(C2CCOCCCCO2)CCC1. The largest absolute Gasteiger partial charge is 0.381 e. The van der Waals surface area contributed by atoms with Crippen LogP contribution >= 0.6 is 0 Å². The molecule has 18 heavy (non-hydrogen) atoms. The maximum Gasteiger partial charge on any atom is 0.0858 e. The predicted molar refractivity (Wildman–Crippen MR) is 71.9 cm³/mol. The Kier molecular flexibility index (Phi) is 7.06. The molecule has 2 aliphatic rings. The van der Waals surface area contributed by atoms with Crippen molar-refractivity contribution in [1.82, 2.24) is 0 Å². The summed E-state index contributed by atoms with van der Waals surface area (Å²) < 4.78 is 17.7. The van der Waals surface area contributed by atoms with E-state index in [1.54, 1.807) is 0 Å². The van der Waals surface area contributed by atoms with Gasteiger partial charge in [-0.1, -0.05) is 25.7 Å². The van der Waals surface area contributed by atoms with Crippen LogP contribution in [0.15, 0.2) is 0 Å². The van der Waals surface area contributed by atoms with Gasteiger partial charge in [0.25, 0.3) is 0 Å². The zero-order valence-electron chi connectivity index (χ0n) is 11.6. The smallest absolute Gasteiger partial charge is 0.0858 e. The summed E-state index contributed by atoms with van der Waals surface area (Å²) in [6.45, 7) is 3.49. The van der Waals surface area contributed by atoms with Crippen LogP contribution in [0.5, 0.6) is 0 Å². The molecular weight excluding hydrogens is 228 g/mol. The van der Waals surface area contributed by atoms with Crippen LogP contribution in [0, 0.1) is 0 Å². The molecule has 2 saturated heterocycles. The average Bonchev–Trinajstić information content (AvgIpc) is 2.61. The van der Waals surface area contributed by atoms with Gasteiger partial charge in [-0.25, -0.2) is 0 Å². The summed E-state index contributed by atoms with van der Waals surface area (Å²) in [5.74, 6) is 0. The Morgan fingerprint density at radius 2 is 1.11 bits per heavy atom. The van der Waals surface area contributed by atoms with E-state index in [1.165, 1.54) is 32.1 Å². The minimum Gasteiger partial charge on any atom is -0.381 e. The first-order valence-corrected chi connectivity index (χ1v) is 7.78. The molecule has 3 heteroatoms. The lowest BCUT2D eigenvalue weighted by Gasteiger charge is -2.27. The highest BCUT2D eigenvalue weighted by Gasteiger charge is 2.23. The maximum atomic E-state index is 6.06. The molecule has 0 amide bonds. The third-order valence-electron chi connectivity index (χ3n) is 3.94. The van der Waals surface area contributed by atoms with E-state index in [1.807, 2.05) is 0 Å². The van der Waals surface area contributed by atoms with Gasteiger partial charge in [-0.2, -0.15) is 0 Å². The third kappa shape index (κ3) is 5.25. The molecule has 0 radical (unpaired) electrons. The van der Waals surface area contributed by atoms with Crippen LogP contribution in [-0.4, -0.2) is 38.6 Å². The Labute approximate surface area is 111 Å². The summed E-state index contributed by atoms with van der Waals surface area (Å²) in [4.78, 5) is 0. The molecule has 0 bridgehead atoms. The first kappa shape index (κ1) is 14.3. The standard InChI is InChI=1S/C15H28O3/c1-2-4-8-14(17-11-5-3-1)15-9-13-16-10-6-7-12-18-15/h14-15H,1-13H2. The lowest BCUT2D eigenvalue weighted by atomic mass is 10.0. The van der Waals surface area contributed by atoms with Gasteiger partial charge in [-0.15, -0.1) is 0 Å². The van der Waals surface area contributed by atoms with Crippen LogP contribution in [-0.2, 0) is 14.2 Å². The molecule has 0 N–H and O–H groups in total. The zero-order valence-corrected chi connectivity index (χ0v) is 11.6. The molecule has 2 rings (SSSR count). The van der Waals surface area contributed by atoms with Gasteiger partial charge in [-0.3, -0.25) is 0 Å². The summed E-state index contributed by atoms with van der Waals surface area (Å²) >= 11 is 0. The van der Waals surface area contributed by atoms with Gasteiger partial charge >= 0.3 is 0 Å². The van der Waals surface area contributed by atoms with Gasteiger partial charge in [0, 0.05) is 26.4 Å². The predicted octanol–water partition coefficient (Wildman–Crippen LogP) is 3.31. The first-order valence-electron chi connectivity index (χ1n) is 7.78. The quantitative estimate of drug-likeness (QED) is 0.720. The van der Waals surface area contributed by atoms with Crippen LogP contribution < -0.4 is 0 Å². The highest BCUT2D eigenvalue weighted by atomic mass is 16.5. The fourth-order valence-corrected chi connectivity index (χ4v) is 2.81. The number of hydrogen-bond acceptors (Lipinski definition) is 3. The minimum atomic E-state index is 0.251. The molecule has 2 unspecified atom stereocenters. The zero-order chi connectivity index (χ0) is 12.5. The summed E-state index contributed by atoms with van der Waals surface area (Å²) in [5, 5.41) is 0. The second-order valence-corrected chi connectivity index (χ2v) is 5.48. The Morgan fingerprint density at radius 3 is 2.00 bits per heavy atom. The highest BCUT2D eigenvalue weighted by Crippen LogP contribution is 2.20. The van der Waals surface area contributed by atoms with E-state index in [0.717, 1.165) is 52.1 Å². The van der Waals surface area contributed by atoms with E-state index in [4.69, 9.17) is 14.2 Å².